The lowest BCUT2D eigenvalue weighted by Gasteiger charge is -2.48. The molecule has 51 heavy (non-hydrogen) atoms. The van der Waals surface area contributed by atoms with E-state index in [0.717, 1.165) is 32.1 Å². The predicted molar refractivity (Wildman–Crippen MR) is 191 cm³/mol. The number of nitrogens with zero attached hydrogens (tertiary/aromatic N) is 1. The number of carbonyl (C=O) groups excluding carboxylic acids is 3. The summed E-state index contributed by atoms with van der Waals surface area (Å²) in [7, 11) is 6.72. The molecule has 0 aromatic heterocycles. The van der Waals surface area contributed by atoms with Gasteiger partial charge in [0.2, 0.25) is 0 Å². The number of alkyl carbamates (subject to hydrolysis) is 1. The van der Waals surface area contributed by atoms with E-state index >= 15 is 0 Å². The van der Waals surface area contributed by atoms with Crippen LogP contribution in [0, 0.1) is 23.7 Å². The summed E-state index contributed by atoms with van der Waals surface area (Å²) in [6.07, 6.45) is -1.41. The number of Topliss-reactive ketones (excluding diaryl/α,β-unsaturated/α-hetero) is 1. The molecule has 14 atom stereocenters. The number of ether oxygens (including phenoxy) is 6. The van der Waals surface area contributed by atoms with Gasteiger partial charge in [-0.05, 0) is 73.9 Å². The molecule has 0 bridgehead atoms. The highest BCUT2D eigenvalue weighted by molar-refractivity contribution is 5.83. The zero-order valence-electron chi connectivity index (χ0n) is 33.2. The highest BCUT2D eigenvalue weighted by Gasteiger charge is 2.53. The van der Waals surface area contributed by atoms with Gasteiger partial charge in [0.05, 0.1) is 29.8 Å². The van der Waals surface area contributed by atoms with Gasteiger partial charge in [0.1, 0.15) is 29.7 Å². The van der Waals surface area contributed by atoms with Crippen LogP contribution in [-0.4, -0.2) is 127 Å². The van der Waals surface area contributed by atoms with Crippen LogP contribution in [0.25, 0.3) is 0 Å². The first-order chi connectivity index (χ1) is 23.8. The average molecular weight is 729 g/mol. The second kappa shape index (κ2) is 18.4. The van der Waals surface area contributed by atoms with Crippen LogP contribution in [0.5, 0.6) is 0 Å². The summed E-state index contributed by atoms with van der Waals surface area (Å²) in [5.41, 5.74) is -2.96. The topological polar surface area (TPSA) is 162 Å². The Bertz CT molecular complexity index is 1150. The molecule has 3 fully saturated rings. The summed E-state index contributed by atoms with van der Waals surface area (Å²) in [5, 5.41) is 26.4. The summed E-state index contributed by atoms with van der Waals surface area (Å²) in [6.45, 7) is 14.0. The molecule has 0 aromatic rings. The second-order valence-corrected chi connectivity index (χ2v) is 16.2. The molecule has 1 saturated carbocycles. The second-order valence-electron chi connectivity index (χ2n) is 16.2. The first-order valence-electron chi connectivity index (χ1n) is 19.0. The molecule has 296 valence electrons. The minimum Gasteiger partial charge on any atom is -0.459 e. The van der Waals surface area contributed by atoms with E-state index in [-0.39, 0.29) is 36.8 Å². The fourth-order valence-electron chi connectivity index (χ4n) is 8.78. The van der Waals surface area contributed by atoms with Crippen molar-refractivity contribution in [3.05, 3.63) is 0 Å². The van der Waals surface area contributed by atoms with Crippen molar-refractivity contribution in [1.82, 2.24) is 10.2 Å². The van der Waals surface area contributed by atoms with Crippen molar-refractivity contribution in [3.8, 4) is 0 Å². The van der Waals surface area contributed by atoms with E-state index in [4.69, 9.17) is 28.4 Å². The van der Waals surface area contributed by atoms with Crippen LogP contribution in [0.3, 0.4) is 0 Å². The fourth-order valence-corrected chi connectivity index (χ4v) is 8.78. The Balaban J connectivity index is 2.17. The quantitative estimate of drug-likeness (QED) is 0.306. The first-order valence-corrected chi connectivity index (χ1v) is 19.0. The van der Waals surface area contributed by atoms with Crippen molar-refractivity contribution in [2.24, 2.45) is 23.7 Å². The SMILES string of the molecule is CC[C@H]1OC(=O)[C@H](C)[C@@H](OC(=O)NC2CCCCC2)[C@H](C)[C@@H](O[C@@H]2O[C@H](C)C[C@H](N(C)C)[C@H]2O)[C@](C)(OC)C[C@@H](C)C(=O)[C@H](C)[C@@H](OC)[C@]1(C)O. The van der Waals surface area contributed by atoms with E-state index in [9.17, 15) is 24.6 Å². The van der Waals surface area contributed by atoms with Gasteiger partial charge in [-0.15, -0.1) is 0 Å². The highest BCUT2D eigenvalue weighted by atomic mass is 16.7. The van der Waals surface area contributed by atoms with Crippen LogP contribution >= 0.6 is 0 Å². The van der Waals surface area contributed by atoms with Crippen LogP contribution in [0.4, 0.5) is 4.79 Å². The third kappa shape index (κ3) is 10.2. The Morgan fingerprint density at radius 1 is 1.00 bits per heavy atom. The Hall–Kier alpha value is -1.87. The molecule has 2 saturated heterocycles. The van der Waals surface area contributed by atoms with Crippen molar-refractivity contribution in [2.45, 2.75) is 173 Å². The minimum absolute atomic E-state index is 0.0479. The number of esters is 1. The van der Waals surface area contributed by atoms with Gasteiger partial charge in [-0.3, -0.25) is 9.59 Å². The number of hydrogen-bond acceptors (Lipinski definition) is 12. The van der Waals surface area contributed by atoms with Crippen molar-refractivity contribution in [3.63, 3.8) is 0 Å². The zero-order chi connectivity index (χ0) is 38.4. The van der Waals surface area contributed by atoms with E-state index in [0.29, 0.717) is 6.42 Å². The molecular formula is C38H68N2O11. The smallest absolute Gasteiger partial charge is 0.407 e. The molecule has 0 unspecified atom stereocenters. The molecule has 0 spiro atoms. The molecule has 3 rings (SSSR count). The van der Waals surface area contributed by atoms with Crippen molar-refractivity contribution < 1.29 is 53.0 Å². The lowest BCUT2D eigenvalue weighted by Crippen LogP contribution is -2.61. The molecule has 1 amide bonds. The van der Waals surface area contributed by atoms with Crippen LogP contribution in [0.2, 0.25) is 0 Å². The predicted octanol–water partition coefficient (Wildman–Crippen LogP) is 4.24. The summed E-state index contributed by atoms with van der Waals surface area (Å²) in [4.78, 5) is 43.8. The molecule has 0 radical (unpaired) electrons. The number of methoxy groups -OCH3 is 2. The van der Waals surface area contributed by atoms with Gasteiger partial charge < -0.3 is 48.9 Å². The van der Waals surface area contributed by atoms with Gasteiger partial charge in [0.25, 0.3) is 0 Å². The summed E-state index contributed by atoms with van der Waals surface area (Å²) >= 11 is 0. The monoisotopic (exact) mass is 728 g/mol. The van der Waals surface area contributed by atoms with E-state index < -0.39 is 83.7 Å². The lowest BCUT2D eigenvalue weighted by molar-refractivity contribution is -0.301. The lowest BCUT2D eigenvalue weighted by atomic mass is 9.73. The maximum atomic E-state index is 14.1. The summed E-state index contributed by atoms with van der Waals surface area (Å²) in [5.74, 6) is -4.05. The molecule has 2 heterocycles. The summed E-state index contributed by atoms with van der Waals surface area (Å²) in [6, 6.07) is -0.317. The number of aliphatic hydroxyl groups is 2. The van der Waals surface area contributed by atoms with E-state index in [1.54, 1.807) is 27.7 Å². The maximum absolute atomic E-state index is 14.1. The highest BCUT2D eigenvalue weighted by Crippen LogP contribution is 2.40. The Morgan fingerprint density at radius 3 is 2.18 bits per heavy atom. The standard InChI is InChI=1S/C38H68N2O11/c1-13-28-38(8,45)33(46-11)23(4)29(41)21(2)20-37(7,47-12)32(51-35-30(42)27(40(9)10)19-22(3)48-35)24(5)31(25(6)34(43)49-28)50-36(44)39-26-17-15-14-16-18-26/h21-28,30-33,35,42,45H,13-20H2,1-12H3,(H,39,44)/t21-,22-,23+,24+,25-,27+,28-,30-,31+,32-,33-,35+,37-,38-/m1/s1. The van der Waals surface area contributed by atoms with Gasteiger partial charge in [0, 0.05) is 44.1 Å². The Morgan fingerprint density at radius 2 is 1.63 bits per heavy atom. The van der Waals surface area contributed by atoms with Crippen molar-refractivity contribution >= 4 is 17.8 Å². The number of likely N-dealkylation sites (N-methyl/N-ethyl adjacent to an activating group) is 1. The number of nitrogens with one attached hydrogen (secondary N) is 1. The summed E-state index contributed by atoms with van der Waals surface area (Å²) < 4.78 is 37.2. The molecule has 13 nitrogen and oxygen atoms in total. The number of carbonyl (C=O) groups is 3. The van der Waals surface area contributed by atoms with E-state index in [1.165, 1.54) is 21.1 Å². The molecular weight excluding hydrogens is 660 g/mol. The number of ketones is 1. The molecule has 2 aliphatic heterocycles. The number of hydrogen-bond donors (Lipinski definition) is 3. The van der Waals surface area contributed by atoms with Crippen LogP contribution in [0.15, 0.2) is 0 Å². The van der Waals surface area contributed by atoms with Crippen LogP contribution in [-0.2, 0) is 38.0 Å². The van der Waals surface area contributed by atoms with Crippen molar-refractivity contribution in [1.29, 1.82) is 0 Å². The van der Waals surface area contributed by atoms with Gasteiger partial charge in [-0.2, -0.15) is 0 Å². The number of cyclic esters (lactones) is 1. The molecule has 13 heteroatoms. The largest absolute Gasteiger partial charge is 0.459 e. The molecule has 3 N–H and O–H groups in total. The average Bonchev–Trinajstić information content (AvgIpc) is 3.08. The van der Waals surface area contributed by atoms with E-state index in [2.05, 4.69) is 5.32 Å². The van der Waals surface area contributed by atoms with Gasteiger partial charge in [-0.25, -0.2) is 4.79 Å². The number of rotatable bonds is 8. The van der Waals surface area contributed by atoms with Crippen LogP contribution in [0.1, 0.15) is 107 Å². The minimum atomic E-state index is -1.73. The Kier molecular flexibility index (Phi) is 15.7. The van der Waals surface area contributed by atoms with E-state index in [1.807, 2.05) is 39.8 Å². The number of aliphatic hydroxyl groups excluding tert-OH is 1. The zero-order valence-corrected chi connectivity index (χ0v) is 33.2. The maximum Gasteiger partial charge on any atom is 0.407 e. The molecule has 3 aliphatic rings. The third-order valence-electron chi connectivity index (χ3n) is 11.9. The fraction of sp³-hybridized carbons (Fsp3) is 0.921. The molecule has 1 aliphatic carbocycles. The molecule has 0 aromatic carbocycles. The number of amides is 1. The van der Waals surface area contributed by atoms with Gasteiger partial charge >= 0.3 is 12.1 Å². The van der Waals surface area contributed by atoms with Crippen LogP contribution < -0.4 is 5.32 Å². The van der Waals surface area contributed by atoms with Crippen molar-refractivity contribution in [2.75, 3.05) is 28.3 Å². The normalized spacial score (nSPS) is 42.6. The van der Waals surface area contributed by atoms with Gasteiger partial charge in [-0.1, -0.05) is 47.0 Å². The van der Waals surface area contributed by atoms with Gasteiger partial charge in [0.15, 0.2) is 6.29 Å². The first kappa shape index (κ1) is 43.5. The third-order valence-corrected chi connectivity index (χ3v) is 11.9. The Labute approximate surface area is 305 Å².